The number of benzene rings is 1. The van der Waals surface area contributed by atoms with Crippen molar-refractivity contribution in [3.8, 4) is 17.1 Å². The SMILES string of the molecule is FC(F)(F)c1cnc(-c2ccc(C3CCC(COc4ccccc4Cl)CC3)nc2)[nH]1. The molecule has 0 spiro atoms. The average molecular weight is 436 g/mol. The van der Waals surface area contributed by atoms with E-state index in [1.807, 2.05) is 30.3 Å². The second-order valence-electron chi connectivity index (χ2n) is 7.57. The fourth-order valence-electron chi connectivity index (χ4n) is 3.79. The number of pyridine rings is 1. The van der Waals surface area contributed by atoms with E-state index in [1.54, 1.807) is 12.3 Å². The van der Waals surface area contributed by atoms with Gasteiger partial charge in [-0.05, 0) is 55.9 Å². The van der Waals surface area contributed by atoms with E-state index in [4.69, 9.17) is 16.3 Å². The number of alkyl halides is 3. The van der Waals surface area contributed by atoms with Gasteiger partial charge in [0, 0.05) is 23.4 Å². The minimum atomic E-state index is -4.44. The van der Waals surface area contributed by atoms with Gasteiger partial charge in [-0.3, -0.25) is 4.98 Å². The molecule has 0 aliphatic heterocycles. The monoisotopic (exact) mass is 435 g/mol. The lowest BCUT2D eigenvalue weighted by atomic mass is 9.80. The fourth-order valence-corrected chi connectivity index (χ4v) is 3.98. The normalized spacial score (nSPS) is 19.6. The first-order valence-electron chi connectivity index (χ1n) is 9.86. The Hall–Kier alpha value is -2.54. The third-order valence-electron chi connectivity index (χ3n) is 5.52. The van der Waals surface area contributed by atoms with Crippen LogP contribution in [-0.2, 0) is 6.18 Å². The van der Waals surface area contributed by atoms with E-state index in [9.17, 15) is 13.2 Å². The zero-order chi connectivity index (χ0) is 21.1. The van der Waals surface area contributed by atoms with Crippen molar-refractivity contribution in [1.29, 1.82) is 0 Å². The smallest absolute Gasteiger partial charge is 0.432 e. The number of nitrogens with zero attached hydrogens (tertiary/aromatic N) is 2. The van der Waals surface area contributed by atoms with Crippen LogP contribution in [0.1, 0.15) is 43.0 Å². The van der Waals surface area contributed by atoms with Crippen molar-refractivity contribution in [1.82, 2.24) is 15.0 Å². The van der Waals surface area contributed by atoms with E-state index in [-0.39, 0.29) is 5.82 Å². The zero-order valence-electron chi connectivity index (χ0n) is 16.1. The second-order valence-corrected chi connectivity index (χ2v) is 7.98. The molecule has 2 heterocycles. The summed E-state index contributed by atoms with van der Waals surface area (Å²) in [4.78, 5) is 10.6. The van der Waals surface area contributed by atoms with Gasteiger partial charge >= 0.3 is 6.18 Å². The van der Waals surface area contributed by atoms with Crippen LogP contribution in [0.3, 0.4) is 0 Å². The largest absolute Gasteiger partial charge is 0.492 e. The van der Waals surface area contributed by atoms with Gasteiger partial charge in [0.05, 0.1) is 17.8 Å². The molecule has 2 aromatic heterocycles. The molecule has 158 valence electrons. The number of nitrogens with one attached hydrogen (secondary N) is 1. The molecule has 0 bridgehead atoms. The summed E-state index contributed by atoms with van der Waals surface area (Å²) in [6.07, 6.45) is 2.02. The van der Waals surface area contributed by atoms with E-state index in [0.717, 1.165) is 37.6 Å². The summed E-state index contributed by atoms with van der Waals surface area (Å²) >= 11 is 6.13. The minimum absolute atomic E-state index is 0.168. The number of aromatic amines is 1. The molecule has 1 fully saturated rings. The molecule has 1 aromatic carbocycles. The Balaban J connectivity index is 1.32. The third-order valence-corrected chi connectivity index (χ3v) is 5.83. The van der Waals surface area contributed by atoms with Gasteiger partial charge in [0.2, 0.25) is 0 Å². The van der Waals surface area contributed by atoms with Gasteiger partial charge in [0.15, 0.2) is 0 Å². The van der Waals surface area contributed by atoms with E-state index in [1.165, 1.54) is 0 Å². The first-order valence-corrected chi connectivity index (χ1v) is 10.2. The Labute approximate surface area is 177 Å². The number of imidazole rings is 1. The van der Waals surface area contributed by atoms with Gasteiger partial charge in [0.1, 0.15) is 17.3 Å². The van der Waals surface area contributed by atoms with Crippen LogP contribution < -0.4 is 4.74 Å². The number of halogens is 4. The first kappa shape index (κ1) is 20.7. The van der Waals surface area contributed by atoms with E-state index < -0.39 is 11.9 Å². The Bertz CT molecular complexity index is 980. The Kier molecular flexibility index (Phi) is 5.99. The van der Waals surface area contributed by atoms with Gasteiger partial charge in [0.25, 0.3) is 0 Å². The minimum Gasteiger partial charge on any atom is -0.492 e. The highest BCUT2D eigenvalue weighted by Gasteiger charge is 2.33. The molecule has 3 aromatic rings. The first-order chi connectivity index (χ1) is 14.4. The summed E-state index contributed by atoms with van der Waals surface area (Å²) in [6, 6.07) is 11.1. The Morgan fingerprint density at radius 2 is 1.77 bits per heavy atom. The fraction of sp³-hybridized carbons (Fsp3) is 0.364. The molecular formula is C22H21ClF3N3O. The van der Waals surface area contributed by atoms with E-state index in [2.05, 4.69) is 15.0 Å². The molecule has 1 N–H and O–H groups in total. The maximum absolute atomic E-state index is 12.7. The molecule has 1 saturated carbocycles. The number of aromatic nitrogens is 3. The van der Waals surface area contributed by atoms with Crippen molar-refractivity contribution in [3.63, 3.8) is 0 Å². The summed E-state index contributed by atoms with van der Waals surface area (Å²) in [7, 11) is 0. The van der Waals surface area contributed by atoms with Crippen LogP contribution in [-0.4, -0.2) is 21.6 Å². The summed E-state index contributed by atoms with van der Waals surface area (Å²) in [6.45, 7) is 0.642. The van der Waals surface area contributed by atoms with Gasteiger partial charge in [-0.15, -0.1) is 0 Å². The maximum Gasteiger partial charge on any atom is 0.432 e. The summed E-state index contributed by atoms with van der Waals surface area (Å²) < 4.78 is 44.0. The van der Waals surface area contributed by atoms with Crippen LogP contribution in [0.4, 0.5) is 13.2 Å². The summed E-state index contributed by atoms with van der Waals surface area (Å²) in [5.41, 5.74) is 0.641. The highest BCUT2D eigenvalue weighted by molar-refractivity contribution is 6.32. The van der Waals surface area contributed by atoms with E-state index >= 15 is 0 Å². The molecule has 4 rings (SSSR count). The molecule has 1 aliphatic rings. The van der Waals surface area contributed by atoms with Crippen LogP contribution in [0, 0.1) is 5.92 Å². The lowest BCUT2D eigenvalue weighted by molar-refractivity contribution is -0.140. The predicted octanol–water partition coefficient (Wildman–Crippen LogP) is 6.50. The van der Waals surface area contributed by atoms with Crippen molar-refractivity contribution in [2.24, 2.45) is 5.92 Å². The number of H-pyrrole nitrogens is 1. The van der Waals surface area contributed by atoms with Gasteiger partial charge in [-0.1, -0.05) is 23.7 Å². The lowest BCUT2D eigenvalue weighted by Crippen LogP contribution is -2.19. The van der Waals surface area contributed by atoms with Gasteiger partial charge in [-0.2, -0.15) is 13.2 Å². The van der Waals surface area contributed by atoms with Crippen LogP contribution >= 0.6 is 11.6 Å². The molecule has 0 atom stereocenters. The zero-order valence-corrected chi connectivity index (χ0v) is 16.9. The molecular weight excluding hydrogens is 415 g/mol. The summed E-state index contributed by atoms with van der Waals surface area (Å²) in [5, 5.41) is 0.620. The van der Waals surface area contributed by atoms with Crippen molar-refractivity contribution < 1.29 is 17.9 Å². The van der Waals surface area contributed by atoms with E-state index in [0.29, 0.717) is 34.8 Å². The quantitative estimate of drug-likeness (QED) is 0.497. The standard InChI is InChI=1S/C22H21ClF3N3O/c23-17-3-1-2-4-19(17)30-13-14-5-7-15(8-6-14)18-10-9-16(11-27-18)21-28-12-20(29-21)22(24,25)26/h1-4,9-12,14-15H,5-8,13H2,(H,28,29). The number of hydrogen-bond donors (Lipinski definition) is 1. The van der Waals surface area contributed by atoms with Crippen LogP contribution in [0.5, 0.6) is 5.75 Å². The molecule has 4 nitrogen and oxygen atoms in total. The van der Waals surface area contributed by atoms with Crippen molar-refractivity contribution in [3.05, 3.63) is 65.2 Å². The molecule has 0 radical (unpaired) electrons. The van der Waals surface area contributed by atoms with Crippen molar-refractivity contribution in [2.45, 2.75) is 37.8 Å². The molecule has 8 heteroatoms. The number of para-hydroxylation sites is 1. The second kappa shape index (κ2) is 8.68. The average Bonchev–Trinajstić information content (AvgIpc) is 3.25. The lowest BCUT2D eigenvalue weighted by Gasteiger charge is -2.28. The predicted molar refractivity (Wildman–Crippen MR) is 108 cm³/mol. The van der Waals surface area contributed by atoms with Crippen LogP contribution in [0.2, 0.25) is 5.02 Å². The van der Waals surface area contributed by atoms with Crippen LogP contribution in [0.25, 0.3) is 11.4 Å². The van der Waals surface area contributed by atoms with Crippen LogP contribution in [0.15, 0.2) is 48.8 Å². The van der Waals surface area contributed by atoms with Gasteiger partial charge < -0.3 is 9.72 Å². The number of ether oxygens (including phenoxy) is 1. The molecule has 0 amide bonds. The molecule has 1 aliphatic carbocycles. The highest BCUT2D eigenvalue weighted by atomic mass is 35.5. The number of hydrogen-bond acceptors (Lipinski definition) is 3. The summed E-state index contributed by atoms with van der Waals surface area (Å²) in [5.74, 6) is 1.70. The topological polar surface area (TPSA) is 50.8 Å². The Morgan fingerprint density at radius 1 is 1.00 bits per heavy atom. The Morgan fingerprint density at radius 3 is 2.40 bits per heavy atom. The van der Waals surface area contributed by atoms with Crippen molar-refractivity contribution >= 4 is 11.6 Å². The highest BCUT2D eigenvalue weighted by Crippen LogP contribution is 2.36. The molecule has 0 saturated heterocycles. The molecule has 0 unspecified atom stereocenters. The van der Waals surface area contributed by atoms with Gasteiger partial charge in [-0.25, -0.2) is 4.98 Å². The third kappa shape index (κ3) is 4.78. The molecule has 30 heavy (non-hydrogen) atoms. The number of rotatable bonds is 5. The van der Waals surface area contributed by atoms with Crippen molar-refractivity contribution in [2.75, 3.05) is 6.61 Å². The maximum atomic E-state index is 12.7.